The summed E-state index contributed by atoms with van der Waals surface area (Å²) >= 11 is 3.76. The molecule has 0 amide bonds. The van der Waals surface area contributed by atoms with Crippen molar-refractivity contribution in [1.29, 1.82) is 0 Å². The number of ether oxygens (including phenoxy) is 1. The van der Waals surface area contributed by atoms with Crippen LogP contribution in [0.3, 0.4) is 0 Å². The van der Waals surface area contributed by atoms with E-state index >= 15 is 0 Å². The molecular weight excluding hydrogens is 466 g/mol. The van der Waals surface area contributed by atoms with Crippen molar-refractivity contribution in [2.24, 2.45) is 0 Å². The van der Waals surface area contributed by atoms with Gasteiger partial charge in [-0.2, -0.15) is 0 Å². The number of rotatable bonds is 7. The van der Waals surface area contributed by atoms with Gasteiger partial charge in [-0.1, -0.05) is 36.4 Å². The van der Waals surface area contributed by atoms with E-state index in [-0.39, 0.29) is 5.00 Å². The Morgan fingerprint density at radius 2 is 1.81 bits per heavy atom. The molecule has 0 atom stereocenters. The molecule has 0 fully saturated rings. The minimum Gasteiger partial charge on any atom is -0.455 e. The van der Waals surface area contributed by atoms with Crippen LogP contribution in [-0.2, 0) is 0 Å². The minimum absolute atomic E-state index is 0.0233. The van der Waals surface area contributed by atoms with Gasteiger partial charge in [0.2, 0.25) is 5.16 Å². The van der Waals surface area contributed by atoms with Crippen LogP contribution in [0.5, 0.6) is 11.5 Å². The Morgan fingerprint density at radius 3 is 2.56 bits per heavy atom. The Morgan fingerprint density at radius 1 is 1.00 bits per heavy atom. The Hall–Kier alpha value is -3.54. The molecule has 3 heterocycles. The highest BCUT2D eigenvalue weighted by atomic mass is 32.2. The van der Waals surface area contributed by atoms with Crippen LogP contribution in [0, 0.1) is 10.1 Å². The minimum atomic E-state index is -0.452. The standard InChI is InChI=1S/C21H13N5O3S3/c27-26(28)18-13-22-21(31-18)32-20-24-23-19(17-11-6-12-30-17)25(20)15-9-4-5-10-16(15)29-14-7-2-1-3-8-14/h1-13H. The molecule has 0 bridgehead atoms. The van der Waals surface area contributed by atoms with Crippen molar-refractivity contribution >= 4 is 39.4 Å². The number of nitro groups is 1. The van der Waals surface area contributed by atoms with Crippen molar-refractivity contribution in [1.82, 2.24) is 19.7 Å². The summed E-state index contributed by atoms with van der Waals surface area (Å²) in [5, 5.41) is 22.3. The van der Waals surface area contributed by atoms with Crippen LogP contribution in [0.25, 0.3) is 16.4 Å². The second-order valence-corrected chi connectivity index (χ2v) is 9.50. The quantitative estimate of drug-likeness (QED) is 0.199. The number of thiazole rings is 1. The number of aromatic nitrogens is 4. The van der Waals surface area contributed by atoms with Gasteiger partial charge in [0.05, 0.1) is 15.5 Å². The number of para-hydroxylation sites is 3. The Labute approximate surface area is 194 Å². The first-order valence-corrected chi connectivity index (χ1v) is 11.8. The van der Waals surface area contributed by atoms with Crippen molar-refractivity contribution in [2.45, 2.75) is 9.50 Å². The first kappa shape index (κ1) is 20.4. The molecule has 3 aromatic heterocycles. The molecule has 5 rings (SSSR count). The fraction of sp³-hybridized carbons (Fsp3) is 0. The molecule has 8 nitrogen and oxygen atoms in total. The van der Waals surface area contributed by atoms with Crippen molar-refractivity contribution in [2.75, 3.05) is 0 Å². The van der Waals surface area contributed by atoms with Gasteiger partial charge in [-0.05, 0) is 58.8 Å². The second kappa shape index (κ2) is 8.91. The summed E-state index contributed by atoms with van der Waals surface area (Å²) in [4.78, 5) is 15.7. The summed E-state index contributed by atoms with van der Waals surface area (Å²) in [7, 11) is 0. The van der Waals surface area contributed by atoms with E-state index in [1.54, 1.807) is 11.3 Å². The van der Waals surface area contributed by atoms with Crippen LogP contribution in [0.4, 0.5) is 5.00 Å². The monoisotopic (exact) mass is 479 g/mol. The molecule has 0 N–H and O–H groups in total. The van der Waals surface area contributed by atoms with Crippen LogP contribution in [0.15, 0.2) is 87.8 Å². The average molecular weight is 480 g/mol. The third-order valence-electron chi connectivity index (χ3n) is 4.28. The predicted octanol–water partition coefficient (Wildman–Crippen LogP) is 6.30. The number of hydrogen-bond donors (Lipinski definition) is 0. The molecule has 0 saturated heterocycles. The summed E-state index contributed by atoms with van der Waals surface area (Å²) in [6.07, 6.45) is 1.25. The molecular formula is C21H13N5O3S3. The van der Waals surface area contributed by atoms with Gasteiger partial charge in [-0.3, -0.25) is 14.7 Å². The molecule has 2 aromatic carbocycles. The largest absolute Gasteiger partial charge is 0.455 e. The lowest BCUT2D eigenvalue weighted by Crippen LogP contribution is -2.01. The second-order valence-electron chi connectivity index (χ2n) is 6.33. The van der Waals surface area contributed by atoms with E-state index in [1.165, 1.54) is 18.0 Å². The van der Waals surface area contributed by atoms with Gasteiger partial charge in [0.15, 0.2) is 15.9 Å². The first-order valence-electron chi connectivity index (χ1n) is 9.29. The van der Waals surface area contributed by atoms with Crippen LogP contribution in [-0.4, -0.2) is 24.7 Å². The Balaban J connectivity index is 1.61. The first-order chi connectivity index (χ1) is 15.7. The Kier molecular flexibility index (Phi) is 5.67. The molecule has 5 aromatic rings. The average Bonchev–Trinajstić information content (AvgIpc) is 3.56. The van der Waals surface area contributed by atoms with E-state index in [0.29, 0.717) is 26.8 Å². The molecule has 0 unspecified atom stereocenters. The molecule has 0 aliphatic heterocycles. The SMILES string of the molecule is O=[N+]([O-])c1cnc(Sc2nnc(-c3cccs3)n2-c2ccccc2Oc2ccccc2)s1. The maximum atomic E-state index is 11.1. The number of thiophene rings is 1. The van der Waals surface area contributed by atoms with E-state index in [0.717, 1.165) is 21.9 Å². The Bertz CT molecular complexity index is 1370. The van der Waals surface area contributed by atoms with Crippen LogP contribution < -0.4 is 4.74 Å². The molecule has 158 valence electrons. The summed E-state index contributed by atoms with van der Waals surface area (Å²) < 4.78 is 8.56. The normalized spacial score (nSPS) is 10.9. The highest BCUT2D eigenvalue weighted by Gasteiger charge is 2.22. The summed E-state index contributed by atoms with van der Waals surface area (Å²) in [6, 6.07) is 21.0. The molecule has 0 aliphatic rings. The van der Waals surface area contributed by atoms with Crippen LogP contribution in [0.2, 0.25) is 0 Å². The lowest BCUT2D eigenvalue weighted by molar-refractivity contribution is -0.380. The predicted molar refractivity (Wildman–Crippen MR) is 124 cm³/mol. The molecule has 32 heavy (non-hydrogen) atoms. The molecule has 0 aliphatic carbocycles. The van der Waals surface area contributed by atoms with E-state index in [9.17, 15) is 10.1 Å². The highest BCUT2D eigenvalue weighted by Crippen LogP contribution is 2.39. The molecule has 0 saturated carbocycles. The van der Waals surface area contributed by atoms with Gasteiger partial charge in [0.25, 0.3) is 0 Å². The molecule has 0 radical (unpaired) electrons. The summed E-state index contributed by atoms with van der Waals surface area (Å²) in [5.41, 5.74) is 0.748. The molecule has 11 heteroatoms. The van der Waals surface area contributed by atoms with Gasteiger partial charge in [-0.15, -0.1) is 21.5 Å². The van der Waals surface area contributed by atoms with E-state index < -0.39 is 4.92 Å². The van der Waals surface area contributed by atoms with Crippen LogP contribution in [0.1, 0.15) is 0 Å². The summed E-state index contributed by atoms with van der Waals surface area (Å²) in [5.74, 6) is 1.98. The molecule has 0 spiro atoms. The van der Waals surface area contributed by atoms with Crippen molar-refractivity contribution in [3.63, 3.8) is 0 Å². The number of benzene rings is 2. The van der Waals surface area contributed by atoms with Gasteiger partial charge in [-0.25, -0.2) is 4.98 Å². The maximum Gasteiger partial charge on any atom is 0.344 e. The zero-order valence-electron chi connectivity index (χ0n) is 16.2. The zero-order chi connectivity index (χ0) is 21.9. The maximum absolute atomic E-state index is 11.1. The fourth-order valence-electron chi connectivity index (χ4n) is 2.92. The topological polar surface area (TPSA) is 96.0 Å². The number of hydrogen-bond acceptors (Lipinski definition) is 9. The highest BCUT2D eigenvalue weighted by molar-refractivity contribution is 8.01. The van der Waals surface area contributed by atoms with E-state index in [1.807, 2.05) is 76.7 Å². The van der Waals surface area contributed by atoms with Crippen LogP contribution >= 0.6 is 34.4 Å². The van der Waals surface area contributed by atoms with E-state index in [2.05, 4.69) is 15.2 Å². The van der Waals surface area contributed by atoms with Gasteiger partial charge >= 0.3 is 5.00 Å². The lowest BCUT2D eigenvalue weighted by atomic mass is 10.2. The zero-order valence-corrected chi connectivity index (χ0v) is 18.6. The third kappa shape index (κ3) is 4.13. The number of nitrogens with zero attached hydrogens (tertiary/aromatic N) is 5. The van der Waals surface area contributed by atoms with Gasteiger partial charge in [0, 0.05) is 0 Å². The lowest BCUT2D eigenvalue weighted by Gasteiger charge is -2.14. The third-order valence-corrected chi connectivity index (χ3v) is 7.12. The van der Waals surface area contributed by atoms with Crippen molar-refractivity contribution < 1.29 is 9.66 Å². The van der Waals surface area contributed by atoms with Gasteiger partial charge < -0.3 is 4.74 Å². The van der Waals surface area contributed by atoms with Gasteiger partial charge in [0.1, 0.15) is 11.9 Å². The smallest absolute Gasteiger partial charge is 0.344 e. The van der Waals surface area contributed by atoms with Crippen molar-refractivity contribution in [3.05, 3.63) is 88.4 Å². The van der Waals surface area contributed by atoms with E-state index in [4.69, 9.17) is 4.74 Å². The summed E-state index contributed by atoms with van der Waals surface area (Å²) in [6.45, 7) is 0. The van der Waals surface area contributed by atoms with Crippen molar-refractivity contribution in [3.8, 4) is 27.9 Å². The fourth-order valence-corrected chi connectivity index (χ4v) is 5.35.